The molecule has 0 saturated heterocycles. The topological polar surface area (TPSA) is 60.7 Å². The maximum absolute atomic E-state index is 12.8. The predicted octanol–water partition coefficient (Wildman–Crippen LogP) is 5.64. The highest BCUT2D eigenvalue weighted by Crippen LogP contribution is 2.39. The van der Waals surface area contributed by atoms with Gasteiger partial charge >= 0.3 is 0 Å². The summed E-state index contributed by atoms with van der Waals surface area (Å²) in [5.41, 5.74) is 3.08. The first-order chi connectivity index (χ1) is 14.2. The summed E-state index contributed by atoms with van der Waals surface area (Å²) in [6.07, 6.45) is 4.20. The van der Waals surface area contributed by atoms with Gasteiger partial charge in [-0.1, -0.05) is 18.2 Å². The van der Waals surface area contributed by atoms with Gasteiger partial charge in [0.05, 0.1) is 6.10 Å². The molecule has 5 nitrogen and oxygen atoms in total. The summed E-state index contributed by atoms with van der Waals surface area (Å²) < 4.78 is 17.6. The van der Waals surface area contributed by atoms with Crippen LogP contribution in [0.25, 0.3) is 17.0 Å². The highest BCUT2D eigenvalue weighted by atomic mass is 16.5. The normalized spacial score (nSPS) is 14.5. The first kappa shape index (κ1) is 20.1. The zero-order valence-corrected chi connectivity index (χ0v) is 18.0. The number of carbonyl (C=O) groups excluding carboxylic acids is 1. The molecule has 30 heavy (non-hydrogen) atoms. The van der Waals surface area contributed by atoms with Gasteiger partial charge in [0.25, 0.3) is 5.91 Å². The number of ether oxygens (including phenoxy) is 2. The number of benzene rings is 2. The minimum atomic E-state index is -0.353. The molecule has 0 atom stereocenters. The van der Waals surface area contributed by atoms with Gasteiger partial charge in [0, 0.05) is 23.1 Å². The molecule has 2 heterocycles. The molecule has 1 amide bonds. The molecule has 1 N–H and O–H groups in total. The summed E-state index contributed by atoms with van der Waals surface area (Å²) in [5.74, 6) is 1.71. The number of nitrogens with one attached hydrogen (secondary N) is 1. The molecular formula is C25H27NO4. The SMILES string of the molecule is Cc1c(C(=O)NCc2ccc(OC(C)C)cc2)oc2ccc3c(c12)C=CC(C)(C)O3. The number of rotatable bonds is 5. The van der Waals surface area contributed by atoms with E-state index < -0.39 is 0 Å². The third-order valence-corrected chi connectivity index (χ3v) is 5.07. The molecule has 1 aliphatic rings. The summed E-state index contributed by atoms with van der Waals surface area (Å²) in [6.45, 7) is 10.3. The molecule has 0 saturated carbocycles. The van der Waals surface area contributed by atoms with Gasteiger partial charge in [0.2, 0.25) is 0 Å². The molecule has 0 radical (unpaired) electrons. The maximum atomic E-state index is 12.8. The van der Waals surface area contributed by atoms with E-state index in [0.717, 1.165) is 33.6 Å². The van der Waals surface area contributed by atoms with E-state index in [1.54, 1.807) is 0 Å². The van der Waals surface area contributed by atoms with Crippen LogP contribution in [0.4, 0.5) is 0 Å². The van der Waals surface area contributed by atoms with Crippen molar-refractivity contribution in [3.8, 4) is 11.5 Å². The molecule has 2 aromatic carbocycles. The van der Waals surface area contributed by atoms with E-state index in [0.29, 0.717) is 17.9 Å². The van der Waals surface area contributed by atoms with E-state index >= 15 is 0 Å². The lowest BCUT2D eigenvalue weighted by molar-refractivity contribution is 0.0924. The Morgan fingerprint density at radius 1 is 1.13 bits per heavy atom. The van der Waals surface area contributed by atoms with Crippen LogP contribution in [-0.2, 0) is 6.54 Å². The van der Waals surface area contributed by atoms with Crippen molar-refractivity contribution in [2.45, 2.75) is 52.9 Å². The number of aryl methyl sites for hydroxylation is 1. The van der Waals surface area contributed by atoms with Crippen molar-refractivity contribution in [3.63, 3.8) is 0 Å². The first-order valence-corrected chi connectivity index (χ1v) is 10.2. The number of furan rings is 1. The third kappa shape index (κ3) is 3.92. The summed E-state index contributed by atoms with van der Waals surface area (Å²) in [5, 5.41) is 3.86. The van der Waals surface area contributed by atoms with Crippen LogP contribution < -0.4 is 14.8 Å². The molecular weight excluding hydrogens is 378 g/mol. The van der Waals surface area contributed by atoms with Crippen molar-refractivity contribution in [1.29, 1.82) is 0 Å². The average molecular weight is 405 g/mol. The number of hydrogen-bond acceptors (Lipinski definition) is 4. The minimum Gasteiger partial charge on any atom is -0.491 e. The van der Waals surface area contributed by atoms with Crippen LogP contribution >= 0.6 is 0 Å². The zero-order valence-electron chi connectivity index (χ0n) is 18.0. The second kappa shape index (κ2) is 7.56. The summed E-state index contributed by atoms with van der Waals surface area (Å²) in [4.78, 5) is 12.8. The Hall–Kier alpha value is -3.21. The van der Waals surface area contributed by atoms with E-state index in [4.69, 9.17) is 13.9 Å². The molecule has 0 bridgehead atoms. The molecule has 0 aliphatic carbocycles. The van der Waals surface area contributed by atoms with Crippen LogP contribution in [-0.4, -0.2) is 17.6 Å². The Kier molecular flexibility index (Phi) is 5.06. The zero-order chi connectivity index (χ0) is 21.5. The number of fused-ring (bicyclic) bond motifs is 3. The van der Waals surface area contributed by atoms with Gasteiger partial charge in [-0.05, 0) is 70.5 Å². The average Bonchev–Trinajstić information content (AvgIpc) is 3.03. The fourth-order valence-corrected chi connectivity index (χ4v) is 3.65. The monoisotopic (exact) mass is 405 g/mol. The first-order valence-electron chi connectivity index (χ1n) is 10.2. The molecule has 0 unspecified atom stereocenters. The molecule has 5 heteroatoms. The van der Waals surface area contributed by atoms with Crippen molar-refractivity contribution < 1.29 is 18.7 Å². The minimum absolute atomic E-state index is 0.128. The lowest BCUT2D eigenvalue weighted by atomic mass is 9.98. The Morgan fingerprint density at radius 3 is 2.57 bits per heavy atom. The van der Waals surface area contributed by atoms with Gasteiger partial charge in [0.1, 0.15) is 22.7 Å². The van der Waals surface area contributed by atoms with Crippen LogP contribution in [0.15, 0.2) is 46.9 Å². The molecule has 1 aliphatic heterocycles. The van der Waals surface area contributed by atoms with Crippen LogP contribution in [0, 0.1) is 6.92 Å². The Labute approximate surface area is 176 Å². The summed E-state index contributed by atoms with van der Waals surface area (Å²) in [6, 6.07) is 11.5. The molecule has 1 aromatic heterocycles. The predicted molar refractivity (Wildman–Crippen MR) is 118 cm³/mol. The lowest BCUT2D eigenvalue weighted by Gasteiger charge is -2.28. The fraction of sp³-hybridized carbons (Fsp3) is 0.320. The van der Waals surface area contributed by atoms with Gasteiger partial charge in [-0.3, -0.25) is 4.79 Å². The van der Waals surface area contributed by atoms with Gasteiger partial charge in [0.15, 0.2) is 5.76 Å². The number of amides is 1. The summed E-state index contributed by atoms with van der Waals surface area (Å²) in [7, 11) is 0. The van der Waals surface area contributed by atoms with Crippen LogP contribution in [0.1, 0.15) is 54.9 Å². The van der Waals surface area contributed by atoms with Crippen LogP contribution in [0.3, 0.4) is 0 Å². The highest BCUT2D eigenvalue weighted by Gasteiger charge is 2.26. The van der Waals surface area contributed by atoms with Gasteiger partial charge in [-0.25, -0.2) is 0 Å². The van der Waals surface area contributed by atoms with E-state index in [2.05, 4.69) is 5.32 Å². The Bertz CT molecular complexity index is 1120. The van der Waals surface area contributed by atoms with E-state index in [1.165, 1.54) is 0 Å². The number of hydrogen-bond donors (Lipinski definition) is 1. The van der Waals surface area contributed by atoms with Gasteiger partial charge in [-0.15, -0.1) is 0 Å². The summed E-state index contributed by atoms with van der Waals surface area (Å²) >= 11 is 0. The van der Waals surface area contributed by atoms with E-state index in [-0.39, 0.29) is 17.6 Å². The standard InChI is InChI=1S/C25H27NO4/c1-15(2)28-18-8-6-17(7-9-18)14-26-24(27)23-16(3)22-19-12-13-25(4,5)30-20(19)10-11-21(22)29-23/h6-13,15H,14H2,1-5H3,(H,26,27). The van der Waals surface area contributed by atoms with E-state index in [9.17, 15) is 4.79 Å². The molecule has 4 rings (SSSR count). The second-order valence-electron chi connectivity index (χ2n) is 8.44. The van der Waals surface area contributed by atoms with E-state index in [1.807, 2.05) is 83.2 Å². The molecule has 0 spiro atoms. The highest BCUT2D eigenvalue weighted by molar-refractivity contribution is 6.02. The quantitative estimate of drug-likeness (QED) is 0.596. The molecule has 0 fully saturated rings. The Morgan fingerprint density at radius 2 is 1.87 bits per heavy atom. The Balaban J connectivity index is 1.53. The van der Waals surface area contributed by atoms with Crippen LogP contribution in [0.2, 0.25) is 0 Å². The van der Waals surface area contributed by atoms with Crippen LogP contribution in [0.5, 0.6) is 11.5 Å². The third-order valence-electron chi connectivity index (χ3n) is 5.07. The lowest BCUT2D eigenvalue weighted by Crippen LogP contribution is -2.27. The fourth-order valence-electron chi connectivity index (χ4n) is 3.65. The van der Waals surface area contributed by atoms with Crippen molar-refractivity contribution in [1.82, 2.24) is 5.32 Å². The second-order valence-corrected chi connectivity index (χ2v) is 8.44. The molecule has 156 valence electrons. The molecule has 3 aromatic rings. The number of carbonyl (C=O) groups is 1. The maximum Gasteiger partial charge on any atom is 0.287 e. The smallest absolute Gasteiger partial charge is 0.287 e. The van der Waals surface area contributed by atoms with Crippen molar-refractivity contribution >= 4 is 23.0 Å². The van der Waals surface area contributed by atoms with Crippen molar-refractivity contribution in [2.75, 3.05) is 0 Å². The van der Waals surface area contributed by atoms with Gasteiger partial charge in [-0.2, -0.15) is 0 Å². The van der Waals surface area contributed by atoms with Crippen molar-refractivity contribution in [3.05, 3.63) is 64.9 Å². The largest absolute Gasteiger partial charge is 0.491 e. The van der Waals surface area contributed by atoms with Crippen molar-refractivity contribution in [2.24, 2.45) is 0 Å². The van der Waals surface area contributed by atoms with Gasteiger partial charge < -0.3 is 19.2 Å².